The molecule has 0 aliphatic carbocycles. The standard InChI is InChI=1S/C16H25N3O2/c1-18(16(20)14-19-11-8-17-9-12-19)10-5-13-21-15-6-3-2-4-7-15/h2-4,6-7,17H,5,8-14H2,1H3. The summed E-state index contributed by atoms with van der Waals surface area (Å²) >= 11 is 0. The molecule has 1 aliphatic rings. The molecule has 1 heterocycles. The van der Waals surface area contributed by atoms with E-state index in [9.17, 15) is 4.79 Å². The zero-order valence-electron chi connectivity index (χ0n) is 12.8. The van der Waals surface area contributed by atoms with Crippen molar-refractivity contribution in [1.29, 1.82) is 0 Å². The number of para-hydroxylation sites is 1. The summed E-state index contributed by atoms with van der Waals surface area (Å²) in [4.78, 5) is 16.1. The molecule has 0 bridgehead atoms. The van der Waals surface area contributed by atoms with E-state index < -0.39 is 0 Å². The van der Waals surface area contributed by atoms with Crippen molar-refractivity contribution in [2.75, 3.05) is 52.9 Å². The van der Waals surface area contributed by atoms with Gasteiger partial charge in [-0.25, -0.2) is 0 Å². The highest BCUT2D eigenvalue weighted by Crippen LogP contribution is 2.08. The smallest absolute Gasteiger partial charge is 0.236 e. The number of nitrogens with one attached hydrogen (secondary N) is 1. The summed E-state index contributed by atoms with van der Waals surface area (Å²) in [5, 5.41) is 3.29. The minimum atomic E-state index is 0.191. The average molecular weight is 291 g/mol. The van der Waals surface area contributed by atoms with E-state index in [-0.39, 0.29) is 5.91 Å². The number of rotatable bonds is 7. The summed E-state index contributed by atoms with van der Waals surface area (Å²) in [6.07, 6.45) is 0.846. The van der Waals surface area contributed by atoms with Crippen LogP contribution in [0.25, 0.3) is 0 Å². The van der Waals surface area contributed by atoms with Crippen molar-refractivity contribution >= 4 is 5.91 Å². The van der Waals surface area contributed by atoms with Crippen LogP contribution in [-0.4, -0.2) is 68.6 Å². The Morgan fingerprint density at radius 3 is 2.71 bits per heavy atom. The van der Waals surface area contributed by atoms with E-state index in [2.05, 4.69) is 10.2 Å². The normalized spacial score (nSPS) is 15.7. The molecule has 0 saturated carbocycles. The Morgan fingerprint density at radius 1 is 1.29 bits per heavy atom. The van der Waals surface area contributed by atoms with E-state index in [1.54, 1.807) is 4.90 Å². The lowest BCUT2D eigenvalue weighted by Gasteiger charge is -2.28. The van der Waals surface area contributed by atoms with Crippen molar-refractivity contribution in [3.8, 4) is 5.75 Å². The Morgan fingerprint density at radius 2 is 2.00 bits per heavy atom. The molecule has 5 heteroatoms. The van der Waals surface area contributed by atoms with Crippen LogP contribution in [0.3, 0.4) is 0 Å². The highest BCUT2D eigenvalue weighted by atomic mass is 16.5. The fraction of sp³-hybridized carbons (Fsp3) is 0.562. The Balaban J connectivity index is 1.60. The molecule has 0 spiro atoms. The molecule has 5 nitrogen and oxygen atoms in total. The molecule has 1 aromatic rings. The van der Waals surface area contributed by atoms with Gasteiger partial charge in [0.1, 0.15) is 5.75 Å². The summed E-state index contributed by atoms with van der Waals surface area (Å²) in [5.74, 6) is 1.07. The summed E-state index contributed by atoms with van der Waals surface area (Å²) in [6.45, 7) is 5.75. The second kappa shape index (κ2) is 8.64. The lowest BCUT2D eigenvalue weighted by molar-refractivity contribution is -0.131. The maximum Gasteiger partial charge on any atom is 0.236 e. The predicted octanol–water partition coefficient (Wildman–Crippen LogP) is 0.819. The number of hydrogen-bond donors (Lipinski definition) is 1. The van der Waals surface area contributed by atoms with Crippen molar-refractivity contribution in [3.05, 3.63) is 30.3 Å². The van der Waals surface area contributed by atoms with Gasteiger partial charge in [0.2, 0.25) is 5.91 Å². The van der Waals surface area contributed by atoms with Crippen LogP contribution in [0.1, 0.15) is 6.42 Å². The van der Waals surface area contributed by atoms with Gasteiger partial charge < -0.3 is 15.0 Å². The summed E-state index contributed by atoms with van der Waals surface area (Å²) in [6, 6.07) is 9.77. The number of nitrogens with zero attached hydrogens (tertiary/aromatic N) is 2. The van der Waals surface area contributed by atoms with Gasteiger partial charge in [-0.05, 0) is 18.6 Å². The van der Waals surface area contributed by atoms with Gasteiger partial charge in [-0.3, -0.25) is 9.69 Å². The van der Waals surface area contributed by atoms with Crippen LogP contribution < -0.4 is 10.1 Å². The Labute approximate surface area is 126 Å². The third-order valence-corrected chi connectivity index (χ3v) is 3.64. The third kappa shape index (κ3) is 5.73. The van der Waals surface area contributed by atoms with Crippen molar-refractivity contribution in [1.82, 2.24) is 15.1 Å². The minimum Gasteiger partial charge on any atom is -0.494 e. The van der Waals surface area contributed by atoms with Gasteiger partial charge in [-0.15, -0.1) is 0 Å². The van der Waals surface area contributed by atoms with Crippen LogP contribution in [-0.2, 0) is 4.79 Å². The number of carbonyl (C=O) groups excluding carboxylic acids is 1. The van der Waals surface area contributed by atoms with Gasteiger partial charge in [0.15, 0.2) is 0 Å². The first kappa shape index (κ1) is 15.8. The predicted molar refractivity (Wildman–Crippen MR) is 83.5 cm³/mol. The zero-order valence-corrected chi connectivity index (χ0v) is 12.8. The van der Waals surface area contributed by atoms with Crippen LogP contribution in [0.4, 0.5) is 0 Å². The van der Waals surface area contributed by atoms with Crippen LogP contribution in [0, 0.1) is 0 Å². The number of likely N-dealkylation sites (N-methyl/N-ethyl adjacent to an activating group) is 1. The lowest BCUT2D eigenvalue weighted by Crippen LogP contribution is -2.48. The average Bonchev–Trinajstić information content (AvgIpc) is 2.53. The Kier molecular flexibility index (Phi) is 6.50. The van der Waals surface area contributed by atoms with Gasteiger partial charge in [-0.1, -0.05) is 18.2 Å². The third-order valence-electron chi connectivity index (χ3n) is 3.64. The molecule has 1 amide bonds. The fourth-order valence-corrected chi connectivity index (χ4v) is 2.31. The molecule has 0 aromatic heterocycles. The Hall–Kier alpha value is -1.59. The molecule has 2 rings (SSSR count). The fourth-order valence-electron chi connectivity index (χ4n) is 2.31. The molecule has 0 unspecified atom stereocenters. The maximum absolute atomic E-state index is 12.1. The van der Waals surface area contributed by atoms with Crippen molar-refractivity contribution in [2.24, 2.45) is 0 Å². The molecular weight excluding hydrogens is 266 g/mol. The first-order chi connectivity index (χ1) is 10.3. The van der Waals surface area contributed by atoms with E-state index in [4.69, 9.17) is 4.74 Å². The second-order valence-corrected chi connectivity index (χ2v) is 5.36. The highest BCUT2D eigenvalue weighted by molar-refractivity contribution is 5.77. The van der Waals surface area contributed by atoms with Crippen LogP contribution in [0.15, 0.2) is 30.3 Å². The summed E-state index contributed by atoms with van der Waals surface area (Å²) in [7, 11) is 1.87. The second-order valence-electron chi connectivity index (χ2n) is 5.36. The first-order valence-electron chi connectivity index (χ1n) is 7.60. The van der Waals surface area contributed by atoms with E-state index in [0.29, 0.717) is 13.2 Å². The molecule has 1 saturated heterocycles. The molecule has 0 atom stereocenters. The first-order valence-corrected chi connectivity index (χ1v) is 7.60. The van der Waals surface area contributed by atoms with E-state index >= 15 is 0 Å². The number of amides is 1. The van der Waals surface area contributed by atoms with E-state index in [1.807, 2.05) is 37.4 Å². The van der Waals surface area contributed by atoms with Crippen molar-refractivity contribution in [2.45, 2.75) is 6.42 Å². The number of carbonyl (C=O) groups is 1. The molecule has 0 radical (unpaired) electrons. The molecule has 1 aromatic carbocycles. The van der Waals surface area contributed by atoms with Gasteiger partial charge >= 0.3 is 0 Å². The minimum absolute atomic E-state index is 0.191. The number of benzene rings is 1. The summed E-state index contributed by atoms with van der Waals surface area (Å²) < 4.78 is 5.63. The number of piperazine rings is 1. The van der Waals surface area contributed by atoms with Gasteiger partial charge in [0.25, 0.3) is 0 Å². The highest BCUT2D eigenvalue weighted by Gasteiger charge is 2.15. The van der Waals surface area contributed by atoms with Gasteiger partial charge in [-0.2, -0.15) is 0 Å². The molecule has 1 N–H and O–H groups in total. The summed E-state index contributed by atoms with van der Waals surface area (Å²) in [5.41, 5.74) is 0. The van der Waals surface area contributed by atoms with Gasteiger partial charge in [0, 0.05) is 39.8 Å². The van der Waals surface area contributed by atoms with Crippen molar-refractivity contribution in [3.63, 3.8) is 0 Å². The number of ether oxygens (including phenoxy) is 1. The topological polar surface area (TPSA) is 44.8 Å². The number of hydrogen-bond acceptors (Lipinski definition) is 4. The molecular formula is C16H25N3O2. The van der Waals surface area contributed by atoms with E-state index in [0.717, 1.165) is 44.9 Å². The largest absolute Gasteiger partial charge is 0.494 e. The SMILES string of the molecule is CN(CCCOc1ccccc1)C(=O)CN1CCNCC1. The maximum atomic E-state index is 12.1. The molecule has 1 aliphatic heterocycles. The van der Waals surface area contributed by atoms with Crippen LogP contribution >= 0.6 is 0 Å². The quantitative estimate of drug-likeness (QED) is 0.756. The van der Waals surface area contributed by atoms with Crippen molar-refractivity contribution < 1.29 is 9.53 Å². The lowest BCUT2D eigenvalue weighted by atomic mass is 10.3. The Bertz CT molecular complexity index is 419. The molecule has 116 valence electrons. The zero-order chi connectivity index (χ0) is 14.9. The molecule has 1 fully saturated rings. The van der Waals surface area contributed by atoms with E-state index in [1.165, 1.54) is 0 Å². The van der Waals surface area contributed by atoms with Crippen LogP contribution in [0.5, 0.6) is 5.75 Å². The van der Waals surface area contributed by atoms with Gasteiger partial charge in [0.05, 0.1) is 13.2 Å². The van der Waals surface area contributed by atoms with Crippen LogP contribution in [0.2, 0.25) is 0 Å². The monoisotopic (exact) mass is 291 g/mol. The molecule has 21 heavy (non-hydrogen) atoms.